The van der Waals surface area contributed by atoms with E-state index in [1.165, 1.54) is 31.2 Å². The Balaban J connectivity index is 1.99. The summed E-state index contributed by atoms with van der Waals surface area (Å²) in [6, 6.07) is 4.78. The lowest BCUT2D eigenvalue weighted by Crippen LogP contribution is -2.50. The number of rotatable bonds is 5. The van der Waals surface area contributed by atoms with Crippen LogP contribution in [0.3, 0.4) is 0 Å². The molecule has 132 valence electrons. The Hall–Kier alpha value is -1.64. The van der Waals surface area contributed by atoms with Crippen LogP contribution >= 0.6 is 11.6 Å². The van der Waals surface area contributed by atoms with Crippen LogP contribution in [-0.4, -0.2) is 44.3 Å². The second-order valence-electron chi connectivity index (χ2n) is 5.80. The van der Waals surface area contributed by atoms with E-state index in [2.05, 4.69) is 4.72 Å². The molecule has 1 aliphatic heterocycles. The summed E-state index contributed by atoms with van der Waals surface area (Å²) in [4.78, 5) is 25.1. The first kappa shape index (κ1) is 18.7. The molecule has 9 heteroatoms. The molecule has 0 radical (unpaired) electrons. The number of benzene rings is 1. The average Bonchev–Trinajstić information content (AvgIpc) is 2.54. The fourth-order valence-electron chi connectivity index (χ4n) is 2.62. The third kappa shape index (κ3) is 4.46. The minimum atomic E-state index is -3.81. The molecular weight excluding hydrogens is 354 g/mol. The molecule has 0 bridgehead atoms. The molecule has 2 amide bonds. The van der Waals surface area contributed by atoms with Crippen LogP contribution in [0, 0.1) is 5.92 Å². The van der Waals surface area contributed by atoms with Gasteiger partial charge < -0.3 is 10.6 Å². The molecule has 7 nitrogen and oxygen atoms in total. The van der Waals surface area contributed by atoms with E-state index in [1.54, 1.807) is 4.90 Å². The molecule has 0 saturated carbocycles. The lowest BCUT2D eigenvalue weighted by Gasteiger charge is -2.32. The molecule has 1 aliphatic rings. The van der Waals surface area contributed by atoms with Crippen molar-refractivity contribution in [2.24, 2.45) is 11.7 Å². The first-order valence-electron chi connectivity index (χ1n) is 7.56. The summed E-state index contributed by atoms with van der Waals surface area (Å²) in [6.07, 6.45) is 0.995. The predicted molar refractivity (Wildman–Crippen MR) is 89.7 cm³/mol. The van der Waals surface area contributed by atoms with E-state index in [0.29, 0.717) is 31.0 Å². The average molecular weight is 374 g/mol. The number of nitrogens with one attached hydrogen (secondary N) is 1. The van der Waals surface area contributed by atoms with Gasteiger partial charge in [-0.3, -0.25) is 9.59 Å². The molecule has 1 saturated heterocycles. The number of piperidine rings is 1. The van der Waals surface area contributed by atoms with Gasteiger partial charge in [-0.15, -0.1) is 0 Å². The zero-order chi connectivity index (χ0) is 17.9. The number of hydrogen-bond donors (Lipinski definition) is 2. The van der Waals surface area contributed by atoms with Crippen molar-refractivity contribution >= 4 is 33.4 Å². The summed E-state index contributed by atoms with van der Waals surface area (Å²) in [5.74, 6) is -0.913. The standard InChI is InChI=1S/C15H20ClN3O4S/c1-10(15(21)19-8-6-11(7-9-19)14(17)20)18-24(22,23)13-4-2-12(16)3-5-13/h2-5,10-11,18H,6-9H2,1H3,(H2,17,20)/t10-/m0/s1. The van der Waals surface area contributed by atoms with Gasteiger partial charge in [0.15, 0.2) is 0 Å². The van der Waals surface area contributed by atoms with Crippen LogP contribution in [0.1, 0.15) is 19.8 Å². The SMILES string of the molecule is C[C@H](NS(=O)(=O)c1ccc(Cl)cc1)C(=O)N1CCC(C(N)=O)CC1. The molecule has 2 rings (SSSR count). The van der Waals surface area contributed by atoms with Crippen molar-refractivity contribution in [3.63, 3.8) is 0 Å². The summed E-state index contributed by atoms with van der Waals surface area (Å²) < 4.78 is 27.0. The lowest BCUT2D eigenvalue weighted by atomic mass is 9.96. The van der Waals surface area contributed by atoms with Crippen molar-refractivity contribution in [1.29, 1.82) is 0 Å². The predicted octanol–water partition coefficient (Wildman–Crippen LogP) is 0.731. The van der Waals surface area contributed by atoms with Crippen LogP contribution in [0.25, 0.3) is 0 Å². The van der Waals surface area contributed by atoms with Crippen LogP contribution in [-0.2, 0) is 19.6 Å². The molecule has 1 aromatic rings. The number of likely N-dealkylation sites (tertiary alicyclic amines) is 1. The van der Waals surface area contributed by atoms with Crippen LogP contribution in [0.15, 0.2) is 29.2 Å². The monoisotopic (exact) mass is 373 g/mol. The molecule has 0 spiro atoms. The van der Waals surface area contributed by atoms with E-state index in [4.69, 9.17) is 17.3 Å². The smallest absolute Gasteiger partial charge is 0.241 e. The summed E-state index contributed by atoms with van der Waals surface area (Å²) in [5.41, 5.74) is 5.26. The second-order valence-corrected chi connectivity index (χ2v) is 7.95. The third-order valence-corrected chi connectivity index (χ3v) is 5.84. The fraction of sp³-hybridized carbons (Fsp3) is 0.467. The van der Waals surface area contributed by atoms with Crippen molar-refractivity contribution in [3.8, 4) is 0 Å². The Labute approximate surface area is 146 Å². The molecule has 24 heavy (non-hydrogen) atoms. The number of hydrogen-bond acceptors (Lipinski definition) is 4. The van der Waals surface area contributed by atoms with E-state index in [0.717, 1.165) is 0 Å². The second kappa shape index (κ2) is 7.50. The normalized spacial score (nSPS) is 17.5. The maximum atomic E-state index is 12.4. The number of sulfonamides is 1. The van der Waals surface area contributed by atoms with Crippen molar-refractivity contribution in [3.05, 3.63) is 29.3 Å². The van der Waals surface area contributed by atoms with Gasteiger partial charge in [0.05, 0.1) is 10.9 Å². The summed E-state index contributed by atoms with van der Waals surface area (Å²) in [6.45, 7) is 2.27. The van der Waals surface area contributed by atoms with Crippen LogP contribution < -0.4 is 10.5 Å². The topological polar surface area (TPSA) is 110 Å². The third-order valence-electron chi connectivity index (χ3n) is 4.04. The van der Waals surface area contributed by atoms with E-state index in [-0.39, 0.29) is 22.6 Å². The largest absolute Gasteiger partial charge is 0.369 e. The van der Waals surface area contributed by atoms with E-state index in [9.17, 15) is 18.0 Å². The molecule has 1 heterocycles. The maximum Gasteiger partial charge on any atom is 0.241 e. The number of carbonyl (C=O) groups excluding carboxylic acids is 2. The van der Waals surface area contributed by atoms with Gasteiger partial charge in [0.1, 0.15) is 0 Å². The molecule has 1 aromatic carbocycles. The lowest BCUT2D eigenvalue weighted by molar-refractivity contribution is -0.136. The number of amides is 2. The Morgan fingerprint density at radius 2 is 1.79 bits per heavy atom. The number of nitrogens with two attached hydrogens (primary N) is 1. The van der Waals surface area contributed by atoms with Crippen molar-refractivity contribution < 1.29 is 18.0 Å². The Bertz CT molecular complexity index is 713. The minimum Gasteiger partial charge on any atom is -0.369 e. The van der Waals surface area contributed by atoms with Gasteiger partial charge in [0.25, 0.3) is 0 Å². The van der Waals surface area contributed by atoms with Gasteiger partial charge in [-0.05, 0) is 44.0 Å². The number of carbonyl (C=O) groups is 2. The number of primary amides is 1. The molecule has 1 fully saturated rings. The highest BCUT2D eigenvalue weighted by Crippen LogP contribution is 2.18. The quantitative estimate of drug-likeness (QED) is 0.792. The van der Waals surface area contributed by atoms with Gasteiger partial charge in [-0.25, -0.2) is 8.42 Å². The van der Waals surface area contributed by atoms with Crippen LogP contribution in [0.2, 0.25) is 5.02 Å². The number of nitrogens with zero attached hydrogens (tertiary/aromatic N) is 1. The molecule has 1 atom stereocenters. The molecule has 0 aromatic heterocycles. The maximum absolute atomic E-state index is 12.4. The Morgan fingerprint density at radius 3 is 2.29 bits per heavy atom. The minimum absolute atomic E-state index is 0.0407. The highest BCUT2D eigenvalue weighted by molar-refractivity contribution is 7.89. The zero-order valence-electron chi connectivity index (χ0n) is 13.2. The fourth-order valence-corrected chi connectivity index (χ4v) is 3.95. The number of halogens is 1. The molecule has 0 unspecified atom stereocenters. The van der Waals surface area contributed by atoms with E-state index >= 15 is 0 Å². The highest BCUT2D eigenvalue weighted by Gasteiger charge is 2.30. The van der Waals surface area contributed by atoms with Gasteiger partial charge in [-0.2, -0.15) is 4.72 Å². The first-order valence-corrected chi connectivity index (χ1v) is 9.43. The van der Waals surface area contributed by atoms with Crippen molar-refractivity contribution in [2.45, 2.75) is 30.7 Å². The van der Waals surface area contributed by atoms with Gasteiger partial charge >= 0.3 is 0 Å². The van der Waals surface area contributed by atoms with Gasteiger partial charge in [0, 0.05) is 24.0 Å². The molecule has 3 N–H and O–H groups in total. The van der Waals surface area contributed by atoms with E-state index < -0.39 is 16.1 Å². The van der Waals surface area contributed by atoms with E-state index in [1.807, 2.05) is 0 Å². The zero-order valence-corrected chi connectivity index (χ0v) is 14.8. The summed E-state index contributed by atoms with van der Waals surface area (Å²) in [5, 5.41) is 0.426. The Morgan fingerprint density at radius 1 is 1.25 bits per heavy atom. The van der Waals surface area contributed by atoms with Crippen molar-refractivity contribution in [2.75, 3.05) is 13.1 Å². The summed E-state index contributed by atoms with van der Waals surface area (Å²) in [7, 11) is -3.81. The molecular formula is C15H20ClN3O4S. The van der Waals surface area contributed by atoms with Crippen LogP contribution in [0.5, 0.6) is 0 Å². The van der Waals surface area contributed by atoms with Gasteiger partial charge in [-0.1, -0.05) is 11.6 Å². The first-order chi connectivity index (χ1) is 11.2. The summed E-state index contributed by atoms with van der Waals surface area (Å²) >= 11 is 5.74. The van der Waals surface area contributed by atoms with Crippen molar-refractivity contribution in [1.82, 2.24) is 9.62 Å². The Kier molecular flexibility index (Phi) is 5.84. The van der Waals surface area contributed by atoms with Crippen LogP contribution in [0.4, 0.5) is 0 Å². The van der Waals surface area contributed by atoms with Gasteiger partial charge in [0.2, 0.25) is 21.8 Å². The highest BCUT2D eigenvalue weighted by atomic mass is 35.5. The molecule has 0 aliphatic carbocycles.